The molecule has 5 nitrogen and oxygen atoms in total. The number of H-pyrrole nitrogens is 1. The van der Waals surface area contributed by atoms with Gasteiger partial charge in [-0.15, -0.1) is 0 Å². The van der Waals surface area contributed by atoms with Crippen LogP contribution in [0.25, 0.3) is 0 Å². The lowest BCUT2D eigenvalue weighted by atomic mass is 10.1. The molecule has 0 bridgehead atoms. The number of pyridine rings is 1. The number of hydrogen-bond acceptors (Lipinski definition) is 4. The molecule has 0 radical (unpaired) electrons. The van der Waals surface area contributed by atoms with E-state index in [4.69, 9.17) is 5.84 Å². The molecule has 2 aromatic rings. The Kier molecular flexibility index (Phi) is 3.66. The molecule has 0 aliphatic carbocycles. The number of nitrogens with one attached hydrogen (secondary N) is 2. The highest BCUT2D eigenvalue weighted by Crippen LogP contribution is 2.14. The fourth-order valence-electron chi connectivity index (χ4n) is 1.44. The second-order valence-electron chi connectivity index (χ2n) is 3.37. The van der Waals surface area contributed by atoms with Crippen molar-refractivity contribution in [2.24, 2.45) is 5.84 Å². The number of aromatic nitrogens is 3. The van der Waals surface area contributed by atoms with Crippen molar-refractivity contribution in [1.82, 2.24) is 20.4 Å². The molecule has 1 unspecified atom stereocenters. The Morgan fingerprint density at radius 2 is 2.31 bits per heavy atom. The minimum Gasteiger partial charge on any atom is -0.347 e. The number of imidazole rings is 1. The number of hydrazine groups is 1. The largest absolute Gasteiger partial charge is 0.347 e. The van der Waals surface area contributed by atoms with Crippen LogP contribution in [0.15, 0.2) is 35.2 Å². The molecule has 0 spiro atoms. The normalized spacial score (nSPS) is 12.6. The standard InChI is InChI=1S/C10H12BrN5/c11-7-1-2-8(15-6-7)5-9(16-12)10-13-3-4-14-10/h1-4,6,9,16H,5,12H2,(H,13,14). The van der Waals surface area contributed by atoms with Gasteiger partial charge in [0, 0.05) is 35.2 Å². The van der Waals surface area contributed by atoms with Crippen LogP contribution in [0.5, 0.6) is 0 Å². The van der Waals surface area contributed by atoms with E-state index in [0.717, 1.165) is 16.0 Å². The van der Waals surface area contributed by atoms with Crippen LogP contribution in [0.1, 0.15) is 17.6 Å². The molecule has 2 heterocycles. The van der Waals surface area contributed by atoms with Crippen molar-refractivity contribution in [3.8, 4) is 0 Å². The van der Waals surface area contributed by atoms with Crippen molar-refractivity contribution in [2.75, 3.05) is 0 Å². The predicted octanol–water partition coefficient (Wildman–Crippen LogP) is 1.31. The van der Waals surface area contributed by atoms with E-state index in [1.807, 2.05) is 12.1 Å². The summed E-state index contributed by atoms with van der Waals surface area (Å²) in [7, 11) is 0. The molecule has 0 aromatic carbocycles. The second kappa shape index (κ2) is 5.20. The van der Waals surface area contributed by atoms with Gasteiger partial charge in [-0.25, -0.2) is 10.4 Å². The maximum atomic E-state index is 5.49. The monoisotopic (exact) mass is 281 g/mol. The Hall–Kier alpha value is -1.24. The molecule has 84 valence electrons. The zero-order valence-corrected chi connectivity index (χ0v) is 10.1. The minimum atomic E-state index is -0.0522. The Morgan fingerprint density at radius 3 is 2.88 bits per heavy atom. The topological polar surface area (TPSA) is 79.6 Å². The van der Waals surface area contributed by atoms with Gasteiger partial charge in [0.05, 0.1) is 6.04 Å². The molecule has 0 fully saturated rings. The molecular formula is C10H12BrN5. The van der Waals surface area contributed by atoms with Crippen molar-refractivity contribution in [2.45, 2.75) is 12.5 Å². The highest BCUT2D eigenvalue weighted by atomic mass is 79.9. The van der Waals surface area contributed by atoms with E-state index in [1.54, 1.807) is 18.6 Å². The number of hydrogen-bond donors (Lipinski definition) is 3. The van der Waals surface area contributed by atoms with E-state index in [1.165, 1.54) is 0 Å². The fraction of sp³-hybridized carbons (Fsp3) is 0.200. The van der Waals surface area contributed by atoms with Gasteiger partial charge in [-0.1, -0.05) is 0 Å². The van der Waals surface area contributed by atoms with E-state index >= 15 is 0 Å². The maximum absolute atomic E-state index is 5.49. The smallest absolute Gasteiger partial charge is 0.124 e. The van der Waals surface area contributed by atoms with Crippen LogP contribution >= 0.6 is 15.9 Å². The molecule has 2 aromatic heterocycles. The summed E-state index contributed by atoms with van der Waals surface area (Å²) in [6.07, 6.45) is 5.94. The molecular weight excluding hydrogens is 270 g/mol. The SMILES string of the molecule is NNC(Cc1ccc(Br)cn1)c1ncc[nH]1. The summed E-state index contributed by atoms with van der Waals surface area (Å²) < 4.78 is 0.964. The van der Waals surface area contributed by atoms with Crippen LogP contribution in [-0.2, 0) is 6.42 Å². The van der Waals surface area contributed by atoms with Crippen molar-refractivity contribution >= 4 is 15.9 Å². The van der Waals surface area contributed by atoms with E-state index in [0.29, 0.717) is 6.42 Å². The average Bonchev–Trinajstić information content (AvgIpc) is 2.82. The lowest BCUT2D eigenvalue weighted by Gasteiger charge is -2.12. The van der Waals surface area contributed by atoms with Gasteiger partial charge in [-0.05, 0) is 28.1 Å². The van der Waals surface area contributed by atoms with Crippen molar-refractivity contribution < 1.29 is 0 Å². The number of nitrogens with zero attached hydrogens (tertiary/aromatic N) is 2. The zero-order valence-electron chi connectivity index (χ0n) is 8.52. The summed E-state index contributed by atoms with van der Waals surface area (Å²) in [4.78, 5) is 11.5. The van der Waals surface area contributed by atoms with Crippen LogP contribution in [0.2, 0.25) is 0 Å². The lowest BCUT2D eigenvalue weighted by Crippen LogP contribution is -2.30. The first-order valence-corrected chi connectivity index (χ1v) is 5.64. The number of rotatable bonds is 4. The molecule has 0 saturated carbocycles. The molecule has 0 amide bonds. The third kappa shape index (κ3) is 2.66. The molecule has 0 saturated heterocycles. The summed E-state index contributed by atoms with van der Waals surface area (Å²) in [5.74, 6) is 6.31. The summed E-state index contributed by atoms with van der Waals surface area (Å²) in [6.45, 7) is 0. The van der Waals surface area contributed by atoms with Gasteiger partial charge in [0.15, 0.2) is 0 Å². The summed E-state index contributed by atoms with van der Waals surface area (Å²) >= 11 is 3.35. The first-order chi connectivity index (χ1) is 7.79. The van der Waals surface area contributed by atoms with Crippen LogP contribution in [0.3, 0.4) is 0 Å². The fourth-order valence-corrected chi connectivity index (χ4v) is 1.67. The van der Waals surface area contributed by atoms with Gasteiger partial charge >= 0.3 is 0 Å². The van der Waals surface area contributed by atoms with Crippen molar-refractivity contribution in [3.63, 3.8) is 0 Å². The van der Waals surface area contributed by atoms with Crippen molar-refractivity contribution in [3.05, 3.63) is 46.7 Å². The number of halogens is 1. The van der Waals surface area contributed by atoms with Crippen molar-refractivity contribution in [1.29, 1.82) is 0 Å². The first-order valence-electron chi connectivity index (χ1n) is 4.85. The molecule has 6 heteroatoms. The van der Waals surface area contributed by atoms with Gasteiger partial charge in [-0.3, -0.25) is 10.8 Å². The van der Waals surface area contributed by atoms with Gasteiger partial charge in [0.1, 0.15) is 5.82 Å². The molecule has 2 rings (SSSR count). The Morgan fingerprint density at radius 1 is 1.44 bits per heavy atom. The predicted molar refractivity (Wildman–Crippen MR) is 64.3 cm³/mol. The Bertz CT molecular complexity index is 425. The van der Waals surface area contributed by atoms with Gasteiger partial charge < -0.3 is 4.98 Å². The van der Waals surface area contributed by atoms with Gasteiger partial charge in [-0.2, -0.15) is 0 Å². The first kappa shape index (κ1) is 11.3. The highest BCUT2D eigenvalue weighted by Gasteiger charge is 2.13. The molecule has 0 aliphatic heterocycles. The van der Waals surface area contributed by atoms with E-state index in [-0.39, 0.29) is 6.04 Å². The van der Waals surface area contributed by atoms with Gasteiger partial charge in [0.2, 0.25) is 0 Å². The van der Waals surface area contributed by atoms with Crippen LogP contribution in [0, 0.1) is 0 Å². The average molecular weight is 282 g/mol. The summed E-state index contributed by atoms with van der Waals surface area (Å²) in [5, 5.41) is 0. The summed E-state index contributed by atoms with van der Waals surface area (Å²) in [5.41, 5.74) is 3.68. The van der Waals surface area contributed by atoms with Crippen LogP contribution in [0.4, 0.5) is 0 Å². The third-order valence-electron chi connectivity index (χ3n) is 2.25. The lowest BCUT2D eigenvalue weighted by molar-refractivity contribution is 0.522. The molecule has 1 atom stereocenters. The Balaban J connectivity index is 2.10. The maximum Gasteiger partial charge on any atom is 0.124 e. The van der Waals surface area contributed by atoms with Gasteiger partial charge in [0.25, 0.3) is 0 Å². The van der Waals surface area contributed by atoms with E-state index < -0.39 is 0 Å². The second-order valence-corrected chi connectivity index (χ2v) is 4.28. The number of aromatic amines is 1. The quantitative estimate of drug-likeness (QED) is 0.583. The Labute approximate surface area is 102 Å². The van der Waals surface area contributed by atoms with E-state index in [9.17, 15) is 0 Å². The summed E-state index contributed by atoms with van der Waals surface area (Å²) in [6, 6.07) is 3.86. The van der Waals surface area contributed by atoms with E-state index in [2.05, 4.69) is 36.3 Å². The number of nitrogens with two attached hydrogens (primary N) is 1. The third-order valence-corrected chi connectivity index (χ3v) is 2.72. The van der Waals surface area contributed by atoms with Crippen LogP contribution in [-0.4, -0.2) is 15.0 Å². The zero-order chi connectivity index (χ0) is 11.4. The highest BCUT2D eigenvalue weighted by molar-refractivity contribution is 9.10. The molecule has 0 aliphatic rings. The minimum absolute atomic E-state index is 0.0522. The molecule has 16 heavy (non-hydrogen) atoms. The van der Waals surface area contributed by atoms with Crippen LogP contribution < -0.4 is 11.3 Å². The molecule has 4 N–H and O–H groups in total.